The highest BCUT2D eigenvalue weighted by Gasteiger charge is 2.12. The quantitative estimate of drug-likeness (QED) is 0.831. The monoisotopic (exact) mass is 236 g/mol. The van der Waals surface area contributed by atoms with Crippen molar-refractivity contribution >= 4 is 11.7 Å². The molecule has 5 heteroatoms. The summed E-state index contributed by atoms with van der Waals surface area (Å²) >= 11 is 0. The summed E-state index contributed by atoms with van der Waals surface area (Å²) in [6.45, 7) is 8.36. The molecular weight excluding hydrogens is 216 g/mol. The summed E-state index contributed by atoms with van der Waals surface area (Å²) in [5, 5.41) is 6.00. The molecule has 0 radical (unpaired) electrons. The smallest absolute Gasteiger partial charge is 0.222 e. The summed E-state index contributed by atoms with van der Waals surface area (Å²) in [4.78, 5) is 19.6. The van der Waals surface area contributed by atoms with E-state index in [4.69, 9.17) is 0 Å². The van der Waals surface area contributed by atoms with Crippen molar-refractivity contribution in [1.29, 1.82) is 0 Å². The largest absolute Gasteiger partial charge is 0.369 e. The van der Waals surface area contributed by atoms with Crippen LogP contribution in [0.4, 0.5) is 5.82 Å². The van der Waals surface area contributed by atoms with E-state index in [0.29, 0.717) is 13.0 Å². The maximum absolute atomic E-state index is 11.5. The Hall–Kier alpha value is -1.65. The summed E-state index contributed by atoms with van der Waals surface area (Å²) in [6.07, 6.45) is 1.94. The lowest BCUT2D eigenvalue weighted by molar-refractivity contribution is -0.122. The fourth-order valence-corrected chi connectivity index (χ4v) is 1.34. The van der Waals surface area contributed by atoms with E-state index >= 15 is 0 Å². The summed E-state index contributed by atoms with van der Waals surface area (Å²) in [5.74, 6) is 0.789. The highest BCUT2D eigenvalue weighted by atomic mass is 16.1. The summed E-state index contributed by atoms with van der Waals surface area (Å²) in [7, 11) is 0. The van der Waals surface area contributed by atoms with Crippen molar-refractivity contribution in [3.05, 3.63) is 18.1 Å². The van der Waals surface area contributed by atoms with Gasteiger partial charge in [0, 0.05) is 30.3 Å². The van der Waals surface area contributed by atoms with Gasteiger partial charge in [0.15, 0.2) is 0 Å². The van der Waals surface area contributed by atoms with E-state index in [1.165, 1.54) is 6.33 Å². The van der Waals surface area contributed by atoms with Crippen molar-refractivity contribution in [2.45, 2.75) is 39.7 Å². The summed E-state index contributed by atoms with van der Waals surface area (Å²) in [6, 6.07) is 1.85. The van der Waals surface area contributed by atoms with Gasteiger partial charge in [-0.15, -0.1) is 0 Å². The number of rotatable bonds is 4. The molecule has 0 aliphatic carbocycles. The van der Waals surface area contributed by atoms with Crippen molar-refractivity contribution in [2.75, 3.05) is 11.9 Å². The first-order chi connectivity index (χ1) is 7.87. The highest BCUT2D eigenvalue weighted by molar-refractivity contribution is 5.77. The lowest BCUT2D eigenvalue weighted by atomic mass is 10.1. The second-order valence-corrected chi connectivity index (χ2v) is 5.02. The van der Waals surface area contributed by atoms with Gasteiger partial charge < -0.3 is 10.6 Å². The van der Waals surface area contributed by atoms with Crippen LogP contribution in [0.3, 0.4) is 0 Å². The third kappa shape index (κ3) is 5.85. The van der Waals surface area contributed by atoms with Gasteiger partial charge in [0.2, 0.25) is 5.91 Å². The van der Waals surface area contributed by atoms with Gasteiger partial charge in [0.25, 0.3) is 0 Å². The summed E-state index contributed by atoms with van der Waals surface area (Å²) < 4.78 is 0. The van der Waals surface area contributed by atoms with E-state index in [1.54, 1.807) is 0 Å². The normalized spacial score (nSPS) is 11.1. The number of carbonyl (C=O) groups is 1. The Kier molecular flexibility index (Phi) is 4.43. The molecule has 1 amide bonds. The van der Waals surface area contributed by atoms with Gasteiger partial charge in [0.05, 0.1) is 0 Å². The number of hydrogen-bond acceptors (Lipinski definition) is 4. The first-order valence-corrected chi connectivity index (χ1v) is 5.70. The van der Waals surface area contributed by atoms with Gasteiger partial charge >= 0.3 is 0 Å². The van der Waals surface area contributed by atoms with Gasteiger partial charge in [0.1, 0.15) is 12.1 Å². The minimum absolute atomic E-state index is 0.0378. The summed E-state index contributed by atoms with van der Waals surface area (Å²) in [5.41, 5.74) is 0.726. The average Bonchev–Trinajstić information content (AvgIpc) is 2.14. The first-order valence-electron chi connectivity index (χ1n) is 5.70. The minimum atomic E-state index is -0.178. The number of nitrogens with one attached hydrogen (secondary N) is 2. The molecule has 0 fully saturated rings. The zero-order valence-electron chi connectivity index (χ0n) is 10.9. The van der Waals surface area contributed by atoms with Crippen molar-refractivity contribution in [3.63, 3.8) is 0 Å². The van der Waals surface area contributed by atoms with E-state index in [-0.39, 0.29) is 11.4 Å². The Balaban J connectivity index is 2.31. The molecule has 17 heavy (non-hydrogen) atoms. The number of carbonyl (C=O) groups excluding carboxylic acids is 1. The Bertz CT molecular complexity index is 384. The van der Waals surface area contributed by atoms with Gasteiger partial charge in [-0.3, -0.25) is 4.79 Å². The number of anilines is 1. The molecule has 1 rings (SSSR count). The van der Waals surface area contributed by atoms with Crippen LogP contribution in [0.1, 0.15) is 32.9 Å². The molecule has 0 saturated carbocycles. The second-order valence-electron chi connectivity index (χ2n) is 5.02. The van der Waals surface area contributed by atoms with E-state index in [0.717, 1.165) is 11.5 Å². The predicted molar refractivity (Wildman–Crippen MR) is 67.8 cm³/mol. The molecule has 2 N–H and O–H groups in total. The Labute approximate surface area is 102 Å². The standard InChI is InChI=1S/C12H20N4O/c1-9-7-10(15-8-14-9)13-6-5-11(17)16-12(2,3)4/h7-8H,5-6H2,1-4H3,(H,16,17)(H,13,14,15). The number of hydrogen-bond donors (Lipinski definition) is 2. The van der Waals surface area contributed by atoms with Crippen LogP contribution in [0.2, 0.25) is 0 Å². The van der Waals surface area contributed by atoms with Crippen LogP contribution >= 0.6 is 0 Å². The van der Waals surface area contributed by atoms with Crippen LogP contribution in [0.15, 0.2) is 12.4 Å². The van der Waals surface area contributed by atoms with Gasteiger partial charge in [-0.25, -0.2) is 9.97 Å². The molecule has 0 bridgehead atoms. The van der Waals surface area contributed by atoms with Crippen LogP contribution < -0.4 is 10.6 Å². The SMILES string of the molecule is Cc1cc(NCCC(=O)NC(C)(C)C)ncn1. The van der Waals surface area contributed by atoms with Crippen molar-refractivity contribution in [1.82, 2.24) is 15.3 Å². The Morgan fingerprint density at radius 1 is 1.35 bits per heavy atom. The van der Waals surface area contributed by atoms with E-state index in [9.17, 15) is 4.79 Å². The topological polar surface area (TPSA) is 66.9 Å². The molecule has 0 unspecified atom stereocenters. The van der Waals surface area contributed by atoms with Crippen molar-refractivity contribution in [3.8, 4) is 0 Å². The Morgan fingerprint density at radius 3 is 2.65 bits per heavy atom. The molecule has 1 aromatic rings. The molecule has 0 saturated heterocycles. The van der Waals surface area contributed by atoms with Gasteiger partial charge in [-0.05, 0) is 27.7 Å². The Morgan fingerprint density at radius 2 is 2.06 bits per heavy atom. The second kappa shape index (κ2) is 5.61. The molecule has 5 nitrogen and oxygen atoms in total. The fraction of sp³-hybridized carbons (Fsp3) is 0.583. The molecule has 0 aliphatic heterocycles. The average molecular weight is 236 g/mol. The van der Waals surface area contributed by atoms with Crippen LogP contribution in [0.5, 0.6) is 0 Å². The van der Waals surface area contributed by atoms with Crippen molar-refractivity contribution < 1.29 is 4.79 Å². The zero-order valence-corrected chi connectivity index (χ0v) is 10.9. The van der Waals surface area contributed by atoms with E-state index in [1.807, 2.05) is 33.8 Å². The van der Waals surface area contributed by atoms with E-state index < -0.39 is 0 Å². The first kappa shape index (κ1) is 13.4. The minimum Gasteiger partial charge on any atom is -0.369 e. The molecule has 0 aromatic carbocycles. The van der Waals surface area contributed by atoms with Crippen LogP contribution in [-0.4, -0.2) is 28.0 Å². The number of aromatic nitrogens is 2. The maximum atomic E-state index is 11.5. The third-order valence-electron chi connectivity index (χ3n) is 1.98. The fourth-order valence-electron chi connectivity index (χ4n) is 1.34. The number of amides is 1. The van der Waals surface area contributed by atoms with Crippen LogP contribution in [-0.2, 0) is 4.79 Å². The molecular formula is C12H20N4O. The molecule has 0 aliphatic rings. The predicted octanol–water partition coefficient (Wildman–Crippen LogP) is 1.50. The van der Waals surface area contributed by atoms with Gasteiger partial charge in [-0.1, -0.05) is 0 Å². The molecule has 0 atom stereocenters. The molecule has 1 aromatic heterocycles. The number of aryl methyl sites for hydroxylation is 1. The molecule has 0 spiro atoms. The highest BCUT2D eigenvalue weighted by Crippen LogP contribution is 2.03. The van der Waals surface area contributed by atoms with Crippen molar-refractivity contribution in [2.24, 2.45) is 0 Å². The van der Waals surface area contributed by atoms with Crippen LogP contribution in [0.25, 0.3) is 0 Å². The van der Waals surface area contributed by atoms with E-state index in [2.05, 4.69) is 20.6 Å². The van der Waals surface area contributed by atoms with Crippen LogP contribution in [0, 0.1) is 6.92 Å². The maximum Gasteiger partial charge on any atom is 0.222 e. The van der Waals surface area contributed by atoms with Gasteiger partial charge in [-0.2, -0.15) is 0 Å². The third-order valence-corrected chi connectivity index (χ3v) is 1.98. The molecule has 1 heterocycles. The zero-order chi connectivity index (χ0) is 12.9. The lowest BCUT2D eigenvalue weighted by Crippen LogP contribution is -2.41. The lowest BCUT2D eigenvalue weighted by Gasteiger charge is -2.20. The number of nitrogens with zero attached hydrogens (tertiary/aromatic N) is 2. The molecule has 94 valence electrons.